The van der Waals surface area contributed by atoms with Crippen molar-refractivity contribution in [3.8, 4) is 0 Å². The maximum absolute atomic E-state index is 12.9. The summed E-state index contributed by atoms with van der Waals surface area (Å²) in [6.45, 7) is 2.96. The van der Waals surface area contributed by atoms with Gasteiger partial charge < -0.3 is 9.64 Å². The van der Waals surface area contributed by atoms with Crippen LogP contribution in [0.15, 0.2) is 55.2 Å². The van der Waals surface area contributed by atoms with Crippen LogP contribution in [0.2, 0.25) is 0 Å². The van der Waals surface area contributed by atoms with Crippen molar-refractivity contribution >= 4 is 11.8 Å². The third kappa shape index (κ3) is 4.55. The molecule has 0 aromatic carbocycles. The largest absolute Gasteiger partial charge is 0.374 e. The highest BCUT2D eigenvalue weighted by Crippen LogP contribution is 2.13. The number of rotatable bonds is 5. The highest BCUT2D eigenvalue weighted by atomic mass is 16.5. The van der Waals surface area contributed by atoms with Gasteiger partial charge in [-0.25, -0.2) is 9.48 Å². The van der Waals surface area contributed by atoms with Gasteiger partial charge in [0, 0.05) is 44.0 Å². The Bertz CT molecular complexity index is 879. The van der Waals surface area contributed by atoms with E-state index in [0.717, 1.165) is 12.0 Å². The van der Waals surface area contributed by atoms with Gasteiger partial charge in [-0.2, -0.15) is 10.2 Å². The van der Waals surface area contributed by atoms with E-state index in [2.05, 4.69) is 20.5 Å². The Kier molecular flexibility index (Phi) is 5.62. The normalized spacial score (nSPS) is 17.3. The molecule has 1 aliphatic rings. The number of carbonyl (C=O) groups excluding carboxylic acids is 1. The monoisotopic (exact) mass is 381 g/mol. The number of aromatic nitrogens is 5. The van der Waals surface area contributed by atoms with Crippen molar-refractivity contribution in [3.63, 3.8) is 0 Å². The Morgan fingerprint density at radius 2 is 2.18 bits per heavy atom. The summed E-state index contributed by atoms with van der Waals surface area (Å²) in [4.78, 5) is 18.8. The van der Waals surface area contributed by atoms with E-state index >= 15 is 0 Å². The Hall–Kier alpha value is -3.20. The van der Waals surface area contributed by atoms with E-state index in [1.807, 2.05) is 29.1 Å². The fourth-order valence-electron chi connectivity index (χ4n) is 3.23. The summed E-state index contributed by atoms with van der Waals surface area (Å²) in [5.41, 5.74) is 1.02. The van der Waals surface area contributed by atoms with E-state index < -0.39 is 0 Å². The molecule has 0 spiro atoms. The van der Waals surface area contributed by atoms with Gasteiger partial charge >= 0.3 is 6.03 Å². The fourth-order valence-corrected chi connectivity index (χ4v) is 3.23. The number of urea groups is 1. The zero-order valence-electron chi connectivity index (χ0n) is 15.5. The van der Waals surface area contributed by atoms with Gasteiger partial charge in [-0.3, -0.25) is 15.0 Å². The third-order valence-corrected chi connectivity index (χ3v) is 4.59. The molecule has 4 heterocycles. The standard InChI is InChI=1S/C19H23N7O2/c27-19(23-18-5-8-22-26(18)13-16-4-1-6-20-12-16)24-9-3-11-28-17(14-24)15-25-10-2-7-21-25/h1-2,4-8,10,12,17H,3,9,11,13-15H2,(H,23,27). The second-order valence-electron chi connectivity index (χ2n) is 6.69. The van der Waals surface area contributed by atoms with Crippen LogP contribution in [-0.2, 0) is 17.8 Å². The number of hydrogen-bond donors (Lipinski definition) is 1. The van der Waals surface area contributed by atoms with Crippen molar-refractivity contribution < 1.29 is 9.53 Å². The minimum Gasteiger partial charge on any atom is -0.374 e. The van der Waals surface area contributed by atoms with Crippen LogP contribution in [0.4, 0.5) is 10.6 Å². The molecule has 9 heteroatoms. The maximum atomic E-state index is 12.9. The van der Waals surface area contributed by atoms with Crippen LogP contribution in [0.3, 0.4) is 0 Å². The number of pyridine rings is 1. The molecular weight excluding hydrogens is 358 g/mol. The summed E-state index contributed by atoms with van der Waals surface area (Å²) < 4.78 is 9.47. The highest BCUT2D eigenvalue weighted by molar-refractivity contribution is 5.88. The number of hydrogen-bond acceptors (Lipinski definition) is 5. The van der Waals surface area contributed by atoms with Crippen molar-refractivity contribution in [1.29, 1.82) is 0 Å². The molecule has 4 rings (SSSR count). The van der Waals surface area contributed by atoms with Crippen LogP contribution in [0.1, 0.15) is 12.0 Å². The summed E-state index contributed by atoms with van der Waals surface area (Å²) in [7, 11) is 0. The zero-order chi connectivity index (χ0) is 19.2. The first-order chi connectivity index (χ1) is 13.8. The molecule has 3 aromatic heterocycles. The Morgan fingerprint density at radius 1 is 1.21 bits per heavy atom. The second kappa shape index (κ2) is 8.66. The molecule has 3 aromatic rings. The van der Waals surface area contributed by atoms with Crippen molar-refractivity contribution in [2.75, 3.05) is 25.0 Å². The molecule has 1 atom stereocenters. The lowest BCUT2D eigenvalue weighted by atomic mass is 10.3. The molecule has 146 valence electrons. The molecule has 1 saturated heterocycles. The maximum Gasteiger partial charge on any atom is 0.323 e. The van der Waals surface area contributed by atoms with Crippen molar-refractivity contribution in [2.24, 2.45) is 0 Å². The summed E-state index contributed by atoms with van der Waals surface area (Å²) in [6.07, 6.45) is 9.56. The molecule has 1 unspecified atom stereocenters. The molecule has 0 bridgehead atoms. The number of carbonyl (C=O) groups is 1. The lowest BCUT2D eigenvalue weighted by molar-refractivity contribution is 0.0442. The van der Waals surface area contributed by atoms with E-state index in [1.165, 1.54) is 0 Å². The van der Waals surface area contributed by atoms with Gasteiger partial charge in [-0.15, -0.1) is 0 Å². The number of nitrogens with zero attached hydrogens (tertiary/aromatic N) is 6. The quantitative estimate of drug-likeness (QED) is 0.728. The van der Waals surface area contributed by atoms with E-state index in [4.69, 9.17) is 4.74 Å². The molecule has 9 nitrogen and oxygen atoms in total. The second-order valence-corrected chi connectivity index (χ2v) is 6.69. The number of anilines is 1. The van der Waals surface area contributed by atoms with Crippen LogP contribution < -0.4 is 5.32 Å². The molecule has 0 aliphatic carbocycles. The molecular formula is C19H23N7O2. The van der Waals surface area contributed by atoms with Crippen LogP contribution in [0, 0.1) is 0 Å². The first-order valence-corrected chi connectivity index (χ1v) is 9.33. The molecule has 2 amide bonds. The van der Waals surface area contributed by atoms with Gasteiger partial charge in [0.1, 0.15) is 5.82 Å². The first-order valence-electron chi connectivity index (χ1n) is 9.33. The average Bonchev–Trinajstić information content (AvgIpc) is 3.31. The van der Waals surface area contributed by atoms with Gasteiger partial charge in [0.15, 0.2) is 0 Å². The summed E-state index contributed by atoms with van der Waals surface area (Å²) in [5, 5.41) is 11.5. The van der Waals surface area contributed by atoms with E-state index in [-0.39, 0.29) is 12.1 Å². The Morgan fingerprint density at radius 3 is 3.00 bits per heavy atom. The number of ether oxygens (including phenoxy) is 1. The highest BCUT2D eigenvalue weighted by Gasteiger charge is 2.23. The van der Waals surface area contributed by atoms with Crippen LogP contribution in [0.5, 0.6) is 0 Å². The van der Waals surface area contributed by atoms with Gasteiger partial charge in [0.25, 0.3) is 0 Å². The Balaban J connectivity index is 1.39. The zero-order valence-corrected chi connectivity index (χ0v) is 15.5. The van der Waals surface area contributed by atoms with E-state index in [9.17, 15) is 4.79 Å². The summed E-state index contributed by atoms with van der Waals surface area (Å²) in [5.74, 6) is 0.655. The Labute approximate surface area is 162 Å². The first kappa shape index (κ1) is 18.2. The van der Waals surface area contributed by atoms with E-state index in [0.29, 0.717) is 38.6 Å². The molecule has 0 saturated carbocycles. The number of nitrogens with one attached hydrogen (secondary N) is 1. The van der Waals surface area contributed by atoms with Crippen LogP contribution in [0.25, 0.3) is 0 Å². The van der Waals surface area contributed by atoms with Gasteiger partial charge in [-0.1, -0.05) is 6.07 Å². The minimum atomic E-state index is -0.149. The molecule has 1 fully saturated rings. The SMILES string of the molecule is O=C(Nc1ccnn1Cc1cccnc1)N1CCCOC(Cn2cccn2)C1. The minimum absolute atomic E-state index is 0.0894. The fraction of sp³-hybridized carbons (Fsp3) is 0.368. The van der Waals surface area contributed by atoms with Crippen LogP contribution >= 0.6 is 0 Å². The average molecular weight is 381 g/mol. The topological polar surface area (TPSA) is 90.1 Å². The molecule has 1 aliphatic heterocycles. The lowest BCUT2D eigenvalue weighted by Crippen LogP contribution is -2.41. The van der Waals surface area contributed by atoms with Gasteiger partial charge in [0.2, 0.25) is 0 Å². The predicted molar refractivity (Wildman–Crippen MR) is 103 cm³/mol. The van der Waals surface area contributed by atoms with E-state index in [1.54, 1.807) is 40.4 Å². The van der Waals surface area contributed by atoms with Gasteiger partial charge in [0.05, 0.1) is 31.9 Å². The third-order valence-electron chi connectivity index (χ3n) is 4.59. The molecule has 28 heavy (non-hydrogen) atoms. The molecule has 1 N–H and O–H groups in total. The van der Waals surface area contributed by atoms with Crippen molar-refractivity contribution in [1.82, 2.24) is 29.4 Å². The summed E-state index contributed by atoms with van der Waals surface area (Å²) in [6, 6.07) is 7.39. The lowest BCUT2D eigenvalue weighted by Gasteiger charge is -2.24. The van der Waals surface area contributed by atoms with Crippen molar-refractivity contribution in [3.05, 3.63) is 60.8 Å². The predicted octanol–water partition coefficient (Wildman–Crippen LogP) is 1.85. The van der Waals surface area contributed by atoms with Crippen molar-refractivity contribution in [2.45, 2.75) is 25.6 Å². The number of amides is 2. The molecule has 0 radical (unpaired) electrons. The van der Waals surface area contributed by atoms with Gasteiger partial charge in [-0.05, 0) is 24.1 Å². The smallest absolute Gasteiger partial charge is 0.323 e. The van der Waals surface area contributed by atoms with Crippen LogP contribution in [-0.4, -0.2) is 61.3 Å². The summed E-state index contributed by atoms with van der Waals surface area (Å²) >= 11 is 0.